The van der Waals surface area contributed by atoms with Gasteiger partial charge in [0.25, 0.3) is 0 Å². The molecule has 17 heavy (non-hydrogen) atoms. The van der Waals surface area contributed by atoms with Crippen LogP contribution >= 0.6 is 23.5 Å². The first kappa shape index (κ1) is 13.9. The molecule has 0 heterocycles. The highest BCUT2D eigenvalue weighted by Gasteiger charge is 2.01. The van der Waals surface area contributed by atoms with Crippen molar-refractivity contribution in [3.8, 4) is 0 Å². The van der Waals surface area contributed by atoms with Gasteiger partial charge >= 0.3 is 0 Å². The highest BCUT2D eigenvalue weighted by Crippen LogP contribution is 2.15. The molecule has 0 fully saturated rings. The number of benzene rings is 1. The Labute approximate surface area is 109 Å². The van der Waals surface area contributed by atoms with Gasteiger partial charge in [0.15, 0.2) is 5.17 Å². The highest BCUT2D eigenvalue weighted by molar-refractivity contribution is 8.14. The Morgan fingerprint density at radius 1 is 1.35 bits per heavy atom. The third-order valence-electron chi connectivity index (χ3n) is 1.79. The lowest BCUT2D eigenvalue weighted by atomic mass is 10.4. The van der Waals surface area contributed by atoms with Gasteiger partial charge in [-0.1, -0.05) is 30.0 Å². The summed E-state index contributed by atoms with van der Waals surface area (Å²) in [5, 5.41) is 9.72. The molecule has 0 aliphatic carbocycles. The molecule has 0 unspecified atom stereocenters. The fourth-order valence-electron chi connectivity index (χ4n) is 1.07. The van der Waals surface area contributed by atoms with Crippen molar-refractivity contribution in [3.63, 3.8) is 0 Å². The molecule has 1 aromatic rings. The number of amides is 1. The van der Waals surface area contributed by atoms with Crippen LogP contribution in [0, 0.1) is 5.41 Å². The summed E-state index contributed by atoms with van der Waals surface area (Å²) >= 11 is 2.73. The number of carbonyl (C=O) groups is 1. The number of rotatable bonds is 6. The van der Waals surface area contributed by atoms with Gasteiger partial charge in [-0.25, -0.2) is 0 Å². The van der Waals surface area contributed by atoms with Crippen LogP contribution in [0.15, 0.2) is 35.2 Å². The minimum absolute atomic E-state index is 0.0289. The van der Waals surface area contributed by atoms with E-state index in [2.05, 4.69) is 5.32 Å². The summed E-state index contributed by atoms with van der Waals surface area (Å²) in [6.07, 6.45) is 0. The number of hydrogen-bond acceptors (Lipinski definition) is 4. The zero-order valence-corrected chi connectivity index (χ0v) is 10.9. The molecule has 0 aliphatic rings. The van der Waals surface area contributed by atoms with E-state index in [1.54, 1.807) is 11.8 Å². The second-order valence-corrected chi connectivity index (χ2v) is 5.35. The second-order valence-electron chi connectivity index (χ2n) is 3.16. The van der Waals surface area contributed by atoms with Crippen LogP contribution in [0.3, 0.4) is 0 Å². The third-order valence-corrected chi connectivity index (χ3v) is 3.53. The molecule has 6 heteroatoms. The van der Waals surface area contributed by atoms with E-state index in [1.807, 2.05) is 30.3 Å². The Kier molecular flexibility index (Phi) is 6.57. The first-order valence-corrected chi connectivity index (χ1v) is 7.07. The van der Waals surface area contributed by atoms with Crippen LogP contribution in [-0.4, -0.2) is 29.1 Å². The topological polar surface area (TPSA) is 79.0 Å². The van der Waals surface area contributed by atoms with E-state index in [-0.39, 0.29) is 16.8 Å². The number of nitrogens with one attached hydrogen (secondary N) is 2. The molecule has 0 saturated carbocycles. The van der Waals surface area contributed by atoms with Crippen molar-refractivity contribution < 1.29 is 4.79 Å². The molecular weight excluding hydrogens is 254 g/mol. The molecule has 92 valence electrons. The Bertz CT molecular complexity index is 370. The van der Waals surface area contributed by atoms with E-state index in [0.717, 1.165) is 17.5 Å². The summed E-state index contributed by atoms with van der Waals surface area (Å²) in [6.45, 7) is 0.622. The van der Waals surface area contributed by atoms with Gasteiger partial charge in [0.2, 0.25) is 5.91 Å². The fraction of sp³-hybridized carbons (Fsp3) is 0.273. The highest BCUT2D eigenvalue weighted by atomic mass is 32.2. The molecule has 1 amide bonds. The molecule has 0 spiro atoms. The minimum Gasteiger partial charge on any atom is -0.379 e. The smallest absolute Gasteiger partial charge is 0.230 e. The van der Waals surface area contributed by atoms with Gasteiger partial charge in [0.1, 0.15) is 0 Å². The van der Waals surface area contributed by atoms with Crippen LogP contribution in [0.2, 0.25) is 0 Å². The number of carbonyl (C=O) groups excluding carboxylic acids is 1. The van der Waals surface area contributed by atoms with E-state index < -0.39 is 0 Å². The molecule has 0 aliphatic heterocycles. The molecule has 0 bridgehead atoms. The van der Waals surface area contributed by atoms with Crippen molar-refractivity contribution in [2.24, 2.45) is 5.73 Å². The van der Waals surface area contributed by atoms with Crippen molar-refractivity contribution in [1.82, 2.24) is 5.32 Å². The number of hydrogen-bond donors (Lipinski definition) is 3. The van der Waals surface area contributed by atoms with E-state index >= 15 is 0 Å². The summed E-state index contributed by atoms with van der Waals surface area (Å²) < 4.78 is 0. The Morgan fingerprint density at radius 2 is 2.06 bits per heavy atom. The summed E-state index contributed by atoms with van der Waals surface area (Å²) in [5.41, 5.74) is 5.13. The minimum atomic E-state index is -0.0844. The van der Waals surface area contributed by atoms with Gasteiger partial charge in [-0.2, -0.15) is 0 Å². The van der Waals surface area contributed by atoms with Gasteiger partial charge in [0.05, 0.1) is 5.75 Å². The summed E-state index contributed by atoms with van der Waals surface area (Å²) in [7, 11) is 0. The normalized spacial score (nSPS) is 9.88. The van der Waals surface area contributed by atoms with E-state index in [9.17, 15) is 4.79 Å². The van der Waals surface area contributed by atoms with Gasteiger partial charge in [-0.15, -0.1) is 11.8 Å². The lowest BCUT2D eigenvalue weighted by Gasteiger charge is -2.04. The predicted molar refractivity (Wildman–Crippen MR) is 74.5 cm³/mol. The van der Waals surface area contributed by atoms with Crippen LogP contribution in [0.25, 0.3) is 0 Å². The Balaban J connectivity index is 2.08. The Hall–Kier alpha value is -1.14. The number of nitrogens with two attached hydrogens (primary N) is 1. The average Bonchev–Trinajstić information content (AvgIpc) is 2.33. The van der Waals surface area contributed by atoms with Crippen molar-refractivity contribution >= 4 is 34.6 Å². The number of amidine groups is 1. The first-order valence-electron chi connectivity index (χ1n) is 5.10. The first-order chi connectivity index (χ1) is 8.18. The van der Waals surface area contributed by atoms with E-state index in [4.69, 9.17) is 11.1 Å². The van der Waals surface area contributed by atoms with E-state index in [1.165, 1.54) is 4.90 Å². The second kappa shape index (κ2) is 8.03. The molecule has 4 N–H and O–H groups in total. The summed E-state index contributed by atoms with van der Waals surface area (Å²) in [5.74, 6) is 0.963. The molecule has 0 aromatic heterocycles. The molecule has 0 atom stereocenters. The quantitative estimate of drug-likeness (QED) is 0.317. The van der Waals surface area contributed by atoms with Crippen molar-refractivity contribution in [2.75, 3.05) is 18.1 Å². The standard InChI is InChI=1S/C11H15N3OS2/c12-11(13)17-8-10(15)14-6-7-16-9-4-2-1-3-5-9/h1-5H,6-8H2,(H3,12,13)(H,14,15). The zero-order chi connectivity index (χ0) is 12.5. The maximum atomic E-state index is 11.3. The summed E-state index contributed by atoms with van der Waals surface area (Å²) in [4.78, 5) is 12.5. The average molecular weight is 269 g/mol. The van der Waals surface area contributed by atoms with Crippen LogP contribution in [0.5, 0.6) is 0 Å². The molecule has 0 radical (unpaired) electrons. The van der Waals surface area contributed by atoms with Gasteiger partial charge in [0, 0.05) is 17.2 Å². The van der Waals surface area contributed by atoms with Crippen molar-refractivity contribution in [3.05, 3.63) is 30.3 Å². The molecule has 1 rings (SSSR count). The van der Waals surface area contributed by atoms with Crippen LogP contribution in [-0.2, 0) is 4.79 Å². The monoisotopic (exact) mass is 269 g/mol. The largest absolute Gasteiger partial charge is 0.379 e. The van der Waals surface area contributed by atoms with Crippen LogP contribution in [0.4, 0.5) is 0 Å². The SMILES string of the molecule is N=C(N)SCC(=O)NCCSc1ccccc1. The summed E-state index contributed by atoms with van der Waals surface area (Å²) in [6, 6.07) is 10.0. The fourth-order valence-corrected chi connectivity index (χ4v) is 2.25. The van der Waals surface area contributed by atoms with Gasteiger partial charge in [-0.3, -0.25) is 10.2 Å². The number of thioether (sulfide) groups is 2. The van der Waals surface area contributed by atoms with Crippen LogP contribution < -0.4 is 11.1 Å². The van der Waals surface area contributed by atoms with Gasteiger partial charge in [-0.05, 0) is 12.1 Å². The van der Waals surface area contributed by atoms with Crippen molar-refractivity contribution in [2.45, 2.75) is 4.90 Å². The molecule has 4 nitrogen and oxygen atoms in total. The zero-order valence-electron chi connectivity index (χ0n) is 9.31. The van der Waals surface area contributed by atoms with Crippen LogP contribution in [0.1, 0.15) is 0 Å². The lowest BCUT2D eigenvalue weighted by Crippen LogP contribution is -2.28. The predicted octanol–water partition coefficient (Wildman–Crippen LogP) is 1.52. The maximum Gasteiger partial charge on any atom is 0.230 e. The molecular formula is C11H15N3OS2. The maximum absolute atomic E-state index is 11.3. The molecule has 0 saturated heterocycles. The van der Waals surface area contributed by atoms with Crippen molar-refractivity contribution in [1.29, 1.82) is 5.41 Å². The Morgan fingerprint density at radius 3 is 2.71 bits per heavy atom. The van der Waals surface area contributed by atoms with Gasteiger partial charge < -0.3 is 11.1 Å². The molecule has 1 aromatic carbocycles. The van der Waals surface area contributed by atoms with E-state index in [0.29, 0.717) is 6.54 Å². The third kappa shape index (κ3) is 6.91. The lowest BCUT2D eigenvalue weighted by molar-refractivity contribution is -0.118.